The Kier molecular flexibility index (Phi) is 5.05. The van der Waals surface area contributed by atoms with E-state index in [0.29, 0.717) is 0 Å². The number of benzene rings is 1. The van der Waals surface area contributed by atoms with Gasteiger partial charge < -0.3 is 0 Å². The van der Waals surface area contributed by atoms with E-state index in [4.69, 9.17) is 0 Å². The fourth-order valence-electron chi connectivity index (χ4n) is 1.29. The van der Waals surface area contributed by atoms with Gasteiger partial charge in [-0.2, -0.15) is 0 Å². The summed E-state index contributed by atoms with van der Waals surface area (Å²) in [5.41, 5.74) is 3.74. The summed E-state index contributed by atoms with van der Waals surface area (Å²) in [4.78, 5) is 4.37. The first-order valence-corrected chi connectivity index (χ1v) is 4.48. The minimum atomic E-state index is 0. The van der Waals surface area contributed by atoms with Crippen molar-refractivity contribution in [2.24, 2.45) is 4.99 Å². The summed E-state index contributed by atoms with van der Waals surface area (Å²) in [6.07, 6.45) is 1.04. The molecule has 0 N–H and O–H groups in total. The monoisotopic (exact) mass is 177 g/mol. The SMILES string of the molecule is C.CC.CC1=Nc2ccccc2C1. The molecule has 1 heterocycles. The summed E-state index contributed by atoms with van der Waals surface area (Å²) in [5, 5.41) is 0. The third-order valence-corrected chi connectivity index (χ3v) is 1.75. The molecule has 0 aromatic heterocycles. The highest BCUT2D eigenvalue weighted by Crippen LogP contribution is 2.25. The first-order chi connectivity index (χ1) is 5.86. The van der Waals surface area contributed by atoms with E-state index in [2.05, 4.69) is 30.1 Å². The second-order valence-electron chi connectivity index (χ2n) is 2.65. The van der Waals surface area contributed by atoms with Crippen molar-refractivity contribution in [2.45, 2.75) is 34.6 Å². The highest BCUT2D eigenvalue weighted by atomic mass is 14.8. The summed E-state index contributed by atoms with van der Waals surface area (Å²) >= 11 is 0. The van der Waals surface area contributed by atoms with E-state index in [1.165, 1.54) is 11.3 Å². The molecule has 2 rings (SSSR count). The van der Waals surface area contributed by atoms with Gasteiger partial charge in [0.2, 0.25) is 0 Å². The van der Waals surface area contributed by atoms with Gasteiger partial charge in [0.05, 0.1) is 5.69 Å². The first kappa shape index (κ1) is 11.9. The standard InChI is InChI=1S/C9H9N.C2H6.CH4/c1-7-6-8-4-2-3-5-9(8)10-7;1-2;/h2-5H,6H2,1H3;1-2H3;1H4. The van der Waals surface area contributed by atoms with Crippen molar-refractivity contribution in [2.75, 3.05) is 0 Å². The molecule has 1 nitrogen and oxygen atoms in total. The van der Waals surface area contributed by atoms with Gasteiger partial charge in [0.15, 0.2) is 0 Å². The number of para-hydroxylation sites is 1. The molecule has 1 heteroatoms. The minimum Gasteiger partial charge on any atom is -0.257 e. The molecule has 0 atom stereocenters. The van der Waals surface area contributed by atoms with E-state index in [1.54, 1.807) is 0 Å². The van der Waals surface area contributed by atoms with Gasteiger partial charge in [0.25, 0.3) is 0 Å². The minimum absolute atomic E-state index is 0. The lowest BCUT2D eigenvalue weighted by Crippen LogP contribution is -1.87. The Bertz CT molecular complexity index is 287. The molecule has 1 aliphatic rings. The van der Waals surface area contributed by atoms with Crippen molar-refractivity contribution in [3.05, 3.63) is 29.8 Å². The van der Waals surface area contributed by atoms with Gasteiger partial charge in [-0.1, -0.05) is 39.5 Å². The zero-order chi connectivity index (χ0) is 8.97. The highest BCUT2D eigenvalue weighted by molar-refractivity contribution is 5.91. The molecule has 0 bridgehead atoms. The number of rotatable bonds is 0. The van der Waals surface area contributed by atoms with Crippen LogP contribution in [0.15, 0.2) is 29.3 Å². The zero-order valence-electron chi connectivity index (χ0n) is 7.96. The maximum absolute atomic E-state index is 4.37. The second kappa shape index (κ2) is 5.52. The number of hydrogen-bond acceptors (Lipinski definition) is 1. The van der Waals surface area contributed by atoms with E-state index >= 15 is 0 Å². The zero-order valence-corrected chi connectivity index (χ0v) is 7.96. The lowest BCUT2D eigenvalue weighted by molar-refractivity contribution is 1.39. The van der Waals surface area contributed by atoms with Gasteiger partial charge in [-0.15, -0.1) is 0 Å². The topological polar surface area (TPSA) is 12.4 Å². The van der Waals surface area contributed by atoms with Crippen LogP contribution in [-0.4, -0.2) is 5.71 Å². The molecule has 0 amide bonds. The Labute approximate surface area is 81.5 Å². The number of fused-ring (bicyclic) bond motifs is 1. The fourth-order valence-corrected chi connectivity index (χ4v) is 1.29. The summed E-state index contributed by atoms with van der Waals surface area (Å²) in [6, 6.07) is 8.29. The summed E-state index contributed by atoms with van der Waals surface area (Å²) in [5.74, 6) is 0. The number of hydrogen-bond donors (Lipinski definition) is 0. The molecule has 0 spiro atoms. The van der Waals surface area contributed by atoms with Crippen molar-refractivity contribution in [3.63, 3.8) is 0 Å². The average molecular weight is 177 g/mol. The Morgan fingerprint density at radius 2 is 1.77 bits per heavy atom. The van der Waals surface area contributed by atoms with Gasteiger partial charge in [0.1, 0.15) is 0 Å². The Morgan fingerprint density at radius 3 is 2.38 bits per heavy atom. The summed E-state index contributed by atoms with van der Waals surface area (Å²) < 4.78 is 0. The number of nitrogens with zero attached hydrogens (tertiary/aromatic N) is 1. The number of aliphatic imine (C=N–C) groups is 1. The van der Waals surface area contributed by atoms with Crippen molar-refractivity contribution in [1.29, 1.82) is 0 Å². The van der Waals surface area contributed by atoms with Crippen LogP contribution in [-0.2, 0) is 6.42 Å². The van der Waals surface area contributed by atoms with E-state index in [9.17, 15) is 0 Å². The maximum atomic E-state index is 4.37. The van der Waals surface area contributed by atoms with Crippen LogP contribution in [0.2, 0.25) is 0 Å². The van der Waals surface area contributed by atoms with Crippen LogP contribution in [0.4, 0.5) is 5.69 Å². The molecule has 0 saturated heterocycles. The van der Waals surface area contributed by atoms with Gasteiger partial charge >= 0.3 is 0 Å². The van der Waals surface area contributed by atoms with Gasteiger partial charge in [-0.3, -0.25) is 4.99 Å². The van der Waals surface area contributed by atoms with Crippen LogP contribution >= 0.6 is 0 Å². The van der Waals surface area contributed by atoms with Crippen LogP contribution < -0.4 is 0 Å². The predicted octanol–water partition coefficient (Wildman–Crippen LogP) is 4.00. The third kappa shape index (κ3) is 2.69. The molecule has 13 heavy (non-hydrogen) atoms. The highest BCUT2D eigenvalue weighted by Gasteiger charge is 2.08. The molecule has 0 saturated carbocycles. The quantitative estimate of drug-likeness (QED) is 0.568. The van der Waals surface area contributed by atoms with Crippen molar-refractivity contribution >= 4 is 11.4 Å². The first-order valence-electron chi connectivity index (χ1n) is 4.48. The smallest absolute Gasteiger partial charge is 0.0664 e. The molecule has 72 valence electrons. The molecule has 0 fully saturated rings. The lowest BCUT2D eigenvalue weighted by atomic mass is 10.1. The predicted molar refractivity (Wildman–Crippen MR) is 61.0 cm³/mol. The largest absolute Gasteiger partial charge is 0.257 e. The van der Waals surface area contributed by atoms with E-state index in [-0.39, 0.29) is 7.43 Å². The molecule has 0 unspecified atom stereocenters. The van der Waals surface area contributed by atoms with Crippen molar-refractivity contribution < 1.29 is 0 Å². The lowest BCUT2D eigenvalue weighted by Gasteiger charge is -1.91. The van der Waals surface area contributed by atoms with Crippen molar-refractivity contribution in [1.82, 2.24) is 0 Å². The van der Waals surface area contributed by atoms with Crippen LogP contribution in [0.3, 0.4) is 0 Å². The van der Waals surface area contributed by atoms with Crippen LogP contribution in [0.25, 0.3) is 0 Å². The average Bonchev–Trinajstić information content (AvgIpc) is 2.48. The van der Waals surface area contributed by atoms with Crippen LogP contribution in [0.5, 0.6) is 0 Å². The molecular weight excluding hydrogens is 158 g/mol. The van der Waals surface area contributed by atoms with Gasteiger partial charge in [0, 0.05) is 12.1 Å². The Balaban J connectivity index is 0.000000451. The summed E-state index contributed by atoms with van der Waals surface area (Å²) in [6.45, 7) is 6.07. The Hall–Kier alpha value is -1.11. The van der Waals surface area contributed by atoms with E-state index in [1.807, 2.05) is 19.9 Å². The molecule has 1 aliphatic heterocycles. The van der Waals surface area contributed by atoms with Crippen LogP contribution in [0.1, 0.15) is 33.8 Å². The fraction of sp³-hybridized carbons (Fsp3) is 0.417. The van der Waals surface area contributed by atoms with Gasteiger partial charge in [-0.25, -0.2) is 0 Å². The molecule has 0 aliphatic carbocycles. The molecule has 1 aromatic carbocycles. The normalized spacial score (nSPS) is 11.8. The van der Waals surface area contributed by atoms with Crippen LogP contribution in [0, 0.1) is 0 Å². The van der Waals surface area contributed by atoms with Gasteiger partial charge in [-0.05, 0) is 18.6 Å². The second-order valence-corrected chi connectivity index (χ2v) is 2.65. The van der Waals surface area contributed by atoms with E-state index < -0.39 is 0 Å². The Morgan fingerprint density at radius 1 is 1.15 bits per heavy atom. The maximum Gasteiger partial charge on any atom is 0.0664 e. The summed E-state index contributed by atoms with van der Waals surface area (Å²) in [7, 11) is 0. The molecule has 1 aromatic rings. The van der Waals surface area contributed by atoms with Crippen molar-refractivity contribution in [3.8, 4) is 0 Å². The molecular formula is C12H19N. The molecule has 0 radical (unpaired) electrons. The third-order valence-electron chi connectivity index (χ3n) is 1.75. The van der Waals surface area contributed by atoms with E-state index in [0.717, 1.165) is 12.1 Å².